The third kappa shape index (κ3) is 3.02. The van der Waals surface area contributed by atoms with Gasteiger partial charge >= 0.3 is 0 Å². The topological polar surface area (TPSA) is 43.0 Å². The Kier molecular flexibility index (Phi) is 4.23. The monoisotopic (exact) mass is 327 g/mol. The maximum atomic E-state index is 6.15. The second kappa shape index (κ2) is 6.83. The molecule has 0 aliphatic carbocycles. The van der Waals surface area contributed by atoms with Gasteiger partial charge in [0.1, 0.15) is 0 Å². The molecule has 0 fully saturated rings. The Labute approximate surface area is 147 Å². The van der Waals surface area contributed by atoms with Gasteiger partial charge in [-0.25, -0.2) is 0 Å². The highest BCUT2D eigenvalue weighted by Crippen LogP contribution is 2.28. The zero-order valence-corrected chi connectivity index (χ0v) is 14.0. The first-order chi connectivity index (χ1) is 12.3. The van der Waals surface area contributed by atoms with E-state index in [-0.39, 0.29) is 0 Å². The van der Waals surface area contributed by atoms with Crippen molar-refractivity contribution in [2.24, 2.45) is 5.73 Å². The van der Waals surface area contributed by atoms with E-state index in [0.717, 1.165) is 24.5 Å². The van der Waals surface area contributed by atoms with E-state index in [4.69, 9.17) is 5.73 Å². The quantitative estimate of drug-likeness (QED) is 0.535. The largest absolute Gasteiger partial charge is 0.398 e. The van der Waals surface area contributed by atoms with E-state index >= 15 is 0 Å². The lowest BCUT2D eigenvalue weighted by molar-refractivity contribution is 0.622. The second-order valence-electron chi connectivity index (χ2n) is 6.10. The molecule has 0 saturated carbocycles. The summed E-state index contributed by atoms with van der Waals surface area (Å²) in [5.41, 5.74) is 10.5. The van der Waals surface area contributed by atoms with Crippen LogP contribution in [0.2, 0.25) is 0 Å². The van der Waals surface area contributed by atoms with Gasteiger partial charge in [0.15, 0.2) is 0 Å². The molecular formula is C22H21N3. The Morgan fingerprint density at radius 3 is 2.00 bits per heavy atom. The van der Waals surface area contributed by atoms with Crippen LogP contribution in [0, 0.1) is 0 Å². The lowest BCUT2D eigenvalue weighted by atomic mass is 10.1. The average Bonchev–Trinajstić information content (AvgIpc) is 3.00. The van der Waals surface area contributed by atoms with Crippen LogP contribution in [-0.2, 0) is 6.67 Å². The summed E-state index contributed by atoms with van der Waals surface area (Å²) < 4.78 is 2.32. The van der Waals surface area contributed by atoms with Gasteiger partial charge in [0.2, 0.25) is 0 Å². The van der Waals surface area contributed by atoms with E-state index in [0.29, 0.717) is 0 Å². The molecule has 0 spiro atoms. The predicted octanol–water partition coefficient (Wildman–Crippen LogP) is 4.34. The normalized spacial score (nSPS) is 12.1. The van der Waals surface area contributed by atoms with E-state index < -0.39 is 0 Å². The maximum absolute atomic E-state index is 6.15. The molecule has 0 amide bonds. The molecular weight excluding hydrogens is 306 g/mol. The van der Waals surface area contributed by atoms with Crippen LogP contribution in [0.25, 0.3) is 27.5 Å². The molecule has 0 bridgehead atoms. The van der Waals surface area contributed by atoms with Crippen molar-refractivity contribution in [3.63, 3.8) is 0 Å². The van der Waals surface area contributed by atoms with E-state index in [1.807, 2.05) is 36.4 Å². The Bertz CT molecular complexity index is 976. The van der Waals surface area contributed by atoms with Gasteiger partial charge in [0.25, 0.3) is 0 Å². The molecule has 0 atom stereocenters. The van der Waals surface area contributed by atoms with Crippen LogP contribution in [0.3, 0.4) is 0 Å². The van der Waals surface area contributed by atoms with Crippen molar-refractivity contribution in [1.29, 1.82) is 0 Å². The first-order valence-corrected chi connectivity index (χ1v) is 8.52. The molecule has 3 aromatic carbocycles. The van der Waals surface area contributed by atoms with Crippen molar-refractivity contribution in [1.82, 2.24) is 9.88 Å². The summed E-state index contributed by atoms with van der Waals surface area (Å²) in [6, 6.07) is 27.1. The minimum absolute atomic E-state index is 0.724. The molecule has 25 heavy (non-hydrogen) atoms. The van der Waals surface area contributed by atoms with Gasteiger partial charge in [-0.05, 0) is 23.8 Å². The zero-order valence-electron chi connectivity index (χ0n) is 14.0. The summed E-state index contributed by atoms with van der Waals surface area (Å²) in [6.07, 6.45) is 2.03. The van der Waals surface area contributed by atoms with E-state index in [1.54, 1.807) is 0 Å². The number of benzene rings is 3. The van der Waals surface area contributed by atoms with E-state index in [9.17, 15) is 0 Å². The second-order valence-corrected chi connectivity index (χ2v) is 6.10. The highest BCUT2D eigenvalue weighted by atomic mass is 15.1. The number of fused-ring (bicyclic) bond motifs is 3. The van der Waals surface area contributed by atoms with Crippen LogP contribution in [-0.4, -0.2) is 11.1 Å². The summed E-state index contributed by atoms with van der Waals surface area (Å²) >= 11 is 0. The van der Waals surface area contributed by atoms with Crippen LogP contribution in [0.4, 0.5) is 0 Å². The molecule has 0 aliphatic rings. The predicted molar refractivity (Wildman–Crippen MR) is 106 cm³/mol. The van der Waals surface area contributed by atoms with Crippen LogP contribution >= 0.6 is 0 Å². The lowest BCUT2D eigenvalue weighted by Gasteiger charge is -2.08. The number of para-hydroxylation sites is 2. The van der Waals surface area contributed by atoms with Crippen molar-refractivity contribution < 1.29 is 0 Å². The zero-order chi connectivity index (χ0) is 17.1. The number of rotatable bonds is 5. The van der Waals surface area contributed by atoms with Crippen LogP contribution < -0.4 is 11.1 Å². The smallest absolute Gasteiger partial charge is 0.0734 e. The summed E-state index contributed by atoms with van der Waals surface area (Å²) in [5.74, 6) is 0. The van der Waals surface area contributed by atoms with E-state index in [2.05, 4.69) is 58.4 Å². The summed E-state index contributed by atoms with van der Waals surface area (Å²) in [6.45, 7) is 1.47. The highest BCUT2D eigenvalue weighted by molar-refractivity contribution is 6.07. The van der Waals surface area contributed by atoms with Crippen LogP contribution in [0.1, 0.15) is 5.56 Å². The Morgan fingerprint density at radius 2 is 1.36 bits per heavy atom. The fourth-order valence-corrected chi connectivity index (χ4v) is 3.28. The lowest BCUT2D eigenvalue weighted by Crippen LogP contribution is -2.19. The molecule has 1 heterocycles. The number of aromatic nitrogens is 1. The highest BCUT2D eigenvalue weighted by Gasteiger charge is 2.08. The molecule has 3 nitrogen and oxygen atoms in total. The Balaban J connectivity index is 1.55. The van der Waals surface area contributed by atoms with Crippen molar-refractivity contribution >= 4 is 27.5 Å². The average molecular weight is 327 g/mol. The minimum atomic E-state index is 0.724. The molecule has 4 rings (SSSR count). The summed E-state index contributed by atoms with van der Waals surface area (Å²) in [5, 5.41) is 6.06. The fourth-order valence-electron chi connectivity index (χ4n) is 3.28. The third-order valence-electron chi connectivity index (χ3n) is 4.52. The molecule has 0 unspecified atom stereocenters. The maximum Gasteiger partial charge on any atom is 0.0734 e. The first-order valence-electron chi connectivity index (χ1n) is 8.52. The van der Waals surface area contributed by atoms with Crippen LogP contribution in [0.15, 0.2) is 84.9 Å². The number of hydrogen-bond acceptors (Lipinski definition) is 2. The molecule has 1 aromatic heterocycles. The van der Waals surface area contributed by atoms with Gasteiger partial charge in [0, 0.05) is 23.0 Å². The van der Waals surface area contributed by atoms with Crippen molar-refractivity contribution in [2.45, 2.75) is 6.67 Å². The van der Waals surface area contributed by atoms with E-state index in [1.165, 1.54) is 21.8 Å². The van der Waals surface area contributed by atoms with Crippen molar-refractivity contribution in [3.8, 4) is 0 Å². The Morgan fingerprint density at radius 1 is 0.800 bits per heavy atom. The summed E-state index contributed by atoms with van der Waals surface area (Å²) in [4.78, 5) is 0. The van der Waals surface area contributed by atoms with Gasteiger partial charge in [-0.15, -0.1) is 0 Å². The van der Waals surface area contributed by atoms with Gasteiger partial charge in [-0.1, -0.05) is 66.7 Å². The molecule has 4 aromatic rings. The van der Waals surface area contributed by atoms with Crippen LogP contribution in [0.5, 0.6) is 0 Å². The molecule has 3 N–H and O–H groups in total. The van der Waals surface area contributed by atoms with Gasteiger partial charge in [-0.2, -0.15) is 0 Å². The molecule has 0 aliphatic heterocycles. The molecule has 0 saturated heterocycles. The molecule has 3 heteroatoms. The minimum Gasteiger partial charge on any atom is -0.398 e. The van der Waals surface area contributed by atoms with Gasteiger partial charge < -0.3 is 10.3 Å². The number of hydrogen-bond donors (Lipinski definition) is 2. The molecule has 0 radical (unpaired) electrons. The molecule has 124 valence electrons. The third-order valence-corrected chi connectivity index (χ3v) is 4.52. The number of nitrogens with two attached hydrogens (primary N) is 1. The van der Waals surface area contributed by atoms with Crippen molar-refractivity contribution in [3.05, 3.63) is 90.5 Å². The number of nitrogens with zero attached hydrogens (tertiary/aromatic N) is 1. The van der Waals surface area contributed by atoms with Gasteiger partial charge in [0.05, 0.1) is 17.7 Å². The SMILES string of the molecule is N/C(=C\CNCn1c2ccccc2c2ccccc21)c1ccccc1. The van der Waals surface area contributed by atoms with Gasteiger partial charge in [-0.3, -0.25) is 5.32 Å². The Hall–Kier alpha value is -3.04. The summed E-state index contributed by atoms with van der Waals surface area (Å²) in [7, 11) is 0. The first kappa shape index (κ1) is 15.5. The van der Waals surface area contributed by atoms with Crippen molar-refractivity contribution in [2.75, 3.05) is 6.54 Å². The number of nitrogens with one attached hydrogen (secondary N) is 1. The fraction of sp³-hybridized carbons (Fsp3) is 0.0909. The standard InChI is InChI=1S/C22H21N3/c23-20(17-8-2-1-3-9-17)14-15-24-16-25-21-12-6-4-10-18(21)19-11-5-7-13-22(19)25/h1-14,24H,15-16,23H2/b20-14-.